The number of nitrogens with one attached hydrogen (secondary N) is 2. The first-order valence-electron chi connectivity index (χ1n) is 8.77. The van der Waals surface area contributed by atoms with Crippen LogP contribution in [0.15, 0.2) is 41.5 Å². The predicted octanol–water partition coefficient (Wildman–Crippen LogP) is 4.28. The number of guanidine groups is 1. The van der Waals surface area contributed by atoms with Gasteiger partial charge in [0.15, 0.2) is 5.96 Å². The van der Waals surface area contributed by atoms with E-state index >= 15 is 0 Å². The Morgan fingerprint density at radius 1 is 1.24 bits per heavy atom. The normalized spacial score (nSPS) is 11.1. The van der Waals surface area contributed by atoms with Crippen molar-refractivity contribution in [3.05, 3.63) is 52.7 Å². The fourth-order valence-corrected chi connectivity index (χ4v) is 2.73. The summed E-state index contributed by atoms with van der Waals surface area (Å²) in [5, 5.41) is 6.78. The van der Waals surface area contributed by atoms with Crippen molar-refractivity contribution >= 4 is 47.4 Å². The SMILES string of the molecule is CCNC(=NCc1cc(Cl)ccc1OC(F)F)NCc1cccnc1N(C)C.I. The fraction of sp³-hybridized carbons (Fsp3) is 0.368. The van der Waals surface area contributed by atoms with E-state index in [9.17, 15) is 8.78 Å². The molecule has 1 heterocycles. The molecule has 1 aromatic carbocycles. The monoisotopic (exact) mass is 539 g/mol. The highest BCUT2D eigenvalue weighted by atomic mass is 127. The van der Waals surface area contributed by atoms with Crippen molar-refractivity contribution in [2.45, 2.75) is 26.6 Å². The van der Waals surface area contributed by atoms with Crippen LogP contribution >= 0.6 is 35.6 Å². The van der Waals surface area contributed by atoms with Crippen molar-refractivity contribution in [1.82, 2.24) is 15.6 Å². The van der Waals surface area contributed by atoms with Gasteiger partial charge in [-0.15, -0.1) is 24.0 Å². The highest BCUT2D eigenvalue weighted by Crippen LogP contribution is 2.25. The van der Waals surface area contributed by atoms with E-state index in [1.165, 1.54) is 12.1 Å². The molecule has 0 spiro atoms. The Bertz CT molecular complexity index is 808. The molecule has 10 heteroatoms. The minimum absolute atomic E-state index is 0. The third kappa shape index (κ3) is 8.17. The minimum Gasteiger partial charge on any atom is -0.434 e. The van der Waals surface area contributed by atoms with Crippen molar-refractivity contribution in [3.8, 4) is 5.75 Å². The molecular formula is C19H25ClF2IN5O. The Labute approximate surface area is 191 Å². The zero-order valence-electron chi connectivity index (χ0n) is 16.5. The first-order valence-corrected chi connectivity index (χ1v) is 9.15. The van der Waals surface area contributed by atoms with E-state index in [1.54, 1.807) is 12.3 Å². The molecule has 0 saturated heterocycles. The van der Waals surface area contributed by atoms with E-state index in [1.807, 2.05) is 38.1 Å². The van der Waals surface area contributed by atoms with Crippen LogP contribution in [0.4, 0.5) is 14.6 Å². The van der Waals surface area contributed by atoms with Crippen LogP contribution in [0.1, 0.15) is 18.1 Å². The van der Waals surface area contributed by atoms with Gasteiger partial charge in [0.2, 0.25) is 0 Å². The van der Waals surface area contributed by atoms with Gasteiger partial charge in [-0.25, -0.2) is 9.98 Å². The van der Waals surface area contributed by atoms with Gasteiger partial charge in [0.1, 0.15) is 11.6 Å². The molecule has 1 aromatic heterocycles. The zero-order valence-corrected chi connectivity index (χ0v) is 19.5. The predicted molar refractivity (Wildman–Crippen MR) is 124 cm³/mol. The van der Waals surface area contributed by atoms with Gasteiger partial charge in [0.25, 0.3) is 0 Å². The zero-order chi connectivity index (χ0) is 20.5. The molecule has 0 radical (unpaired) electrons. The molecule has 0 bridgehead atoms. The first-order chi connectivity index (χ1) is 13.4. The number of pyridine rings is 1. The molecule has 0 atom stereocenters. The van der Waals surface area contributed by atoms with E-state index in [2.05, 4.69) is 25.3 Å². The molecule has 29 heavy (non-hydrogen) atoms. The third-order valence-electron chi connectivity index (χ3n) is 3.73. The summed E-state index contributed by atoms with van der Waals surface area (Å²) in [5.74, 6) is 1.45. The fourth-order valence-electron chi connectivity index (χ4n) is 2.54. The van der Waals surface area contributed by atoms with E-state index in [4.69, 9.17) is 11.6 Å². The average molecular weight is 540 g/mol. The van der Waals surface area contributed by atoms with Crippen LogP contribution < -0.4 is 20.3 Å². The number of hydrogen-bond acceptors (Lipinski definition) is 4. The summed E-state index contributed by atoms with van der Waals surface area (Å²) in [6.07, 6.45) is 1.74. The number of nitrogens with zero attached hydrogens (tertiary/aromatic N) is 3. The molecule has 0 unspecified atom stereocenters. The molecule has 6 nitrogen and oxygen atoms in total. The van der Waals surface area contributed by atoms with Crippen LogP contribution in [0, 0.1) is 0 Å². The lowest BCUT2D eigenvalue weighted by Crippen LogP contribution is -2.37. The smallest absolute Gasteiger partial charge is 0.387 e. The highest BCUT2D eigenvalue weighted by Gasteiger charge is 2.11. The molecule has 2 aromatic rings. The number of aromatic nitrogens is 1. The number of alkyl halides is 2. The van der Waals surface area contributed by atoms with Crippen molar-refractivity contribution in [2.75, 3.05) is 25.5 Å². The summed E-state index contributed by atoms with van der Waals surface area (Å²) in [4.78, 5) is 10.8. The van der Waals surface area contributed by atoms with Crippen molar-refractivity contribution < 1.29 is 13.5 Å². The van der Waals surface area contributed by atoms with Crippen LogP contribution in [0.3, 0.4) is 0 Å². The maximum atomic E-state index is 12.6. The molecule has 0 aliphatic heterocycles. The molecule has 0 saturated carbocycles. The van der Waals surface area contributed by atoms with Crippen molar-refractivity contribution in [1.29, 1.82) is 0 Å². The molecular weight excluding hydrogens is 515 g/mol. The van der Waals surface area contributed by atoms with Gasteiger partial charge >= 0.3 is 6.61 Å². The van der Waals surface area contributed by atoms with Gasteiger partial charge in [-0.2, -0.15) is 8.78 Å². The molecule has 2 rings (SSSR count). The summed E-state index contributed by atoms with van der Waals surface area (Å²) in [5.41, 5.74) is 1.47. The van der Waals surface area contributed by atoms with E-state index in [0.29, 0.717) is 29.6 Å². The number of hydrogen-bond donors (Lipinski definition) is 2. The van der Waals surface area contributed by atoms with Crippen LogP contribution in [-0.4, -0.2) is 38.2 Å². The number of anilines is 1. The third-order valence-corrected chi connectivity index (χ3v) is 3.96. The first kappa shape index (κ1) is 25.2. The molecule has 2 N–H and O–H groups in total. The van der Waals surface area contributed by atoms with Gasteiger partial charge in [0.05, 0.1) is 6.54 Å². The molecule has 0 aliphatic rings. The summed E-state index contributed by atoms with van der Waals surface area (Å²) in [6, 6.07) is 8.33. The Balaban J connectivity index is 0.00000420. The Morgan fingerprint density at radius 2 is 2.00 bits per heavy atom. The van der Waals surface area contributed by atoms with Gasteiger partial charge in [-0.1, -0.05) is 17.7 Å². The lowest BCUT2D eigenvalue weighted by atomic mass is 10.2. The van der Waals surface area contributed by atoms with Crippen molar-refractivity contribution in [2.24, 2.45) is 4.99 Å². The molecule has 160 valence electrons. The Kier molecular flexibility index (Phi) is 11.0. The number of aliphatic imine (C=N–C) groups is 1. The number of benzene rings is 1. The summed E-state index contributed by atoms with van der Waals surface area (Å²) >= 11 is 5.98. The van der Waals surface area contributed by atoms with Gasteiger partial charge in [-0.05, 0) is 31.2 Å². The Hall–Kier alpha value is -1.88. The van der Waals surface area contributed by atoms with Gasteiger partial charge in [-0.3, -0.25) is 0 Å². The van der Waals surface area contributed by atoms with Crippen LogP contribution in [0.25, 0.3) is 0 Å². The summed E-state index contributed by atoms with van der Waals surface area (Å²) in [7, 11) is 3.85. The topological polar surface area (TPSA) is 61.8 Å². The van der Waals surface area contributed by atoms with Gasteiger partial charge in [0, 0.05) is 49.5 Å². The van der Waals surface area contributed by atoms with E-state index in [0.717, 1.165) is 11.4 Å². The minimum atomic E-state index is -2.91. The molecule has 0 aliphatic carbocycles. The molecule has 0 fully saturated rings. The number of rotatable bonds is 8. The quantitative estimate of drug-likeness (QED) is 0.298. The highest BCUT2D eigenvalue weighted by molar-refractivity contribution is 14.0. The number of ether oxygens (including phenoxy) is 1. The summed E-state index contributed by atoms with van der Waals surface area (Å²) in [6.45, 7) is 0.312. The maximum Gasteiger partial charge on any atom is 0.387 e. The Morgan fingerprint density at radius 3 is 2.66 bits per heavy atom. The second-order valence-corrected chi connectivity index (χ2v) is 6.50. The van der Waals surface area contributed by atoms with Crippen LogP contribution in [0.2, 0.25) is 5.02 Å². The van der Waals surface area contributed by atoms with E-state index in [-0.39, 0.29) is 36.3 Å². The summed E-state index contributed by atoms with van der Waals surface area (Å²) < 4.78 is 29.8. The lowest BCUT2D eigenvalue weighted by molar-refractivity contribution is -0.0504. The number of halogens is 4. The molecule has 0 amide bonds. The largest absolute Gasteiger partial charge is 0.434 e. The second-order valence-electron chi connectivity index (χ2n) is 6.06. The van der Waals surface area contributed by atoms with Crippen LogP contribution in [-0.2, 0) is 13.1 Å². The maximum absolute atomic E-state index is 12.6. The lowest BCUT2D eigenvalue weighted by Gasteiger charge is -2.17. The van der Waals surface area contributed by atoms with Crippen molar-refractivity contribution in [3.63, 3.8) is 0 Å². The average Bonchev–Trinajstić information content (AvgIpc) is 2.65. The van der Waals surface area contributed by atoms with Gasteiger partial charge < -0.3 is 20.3 Å². The second kappa shape index (κ2) is 12.6. The standard InChI is InChI=1S/C19H24ClF2N5O.HI/c1-4-23-19(25-11-13-6-5-9-24-17(13)27(2)3)26-12-14-10-15(20)7-8-16(14)28-18(21)22;/h5-10,18H,4,11-12H2,1-3H3,(H2,23,25,26);1H. The van der Waals surface area contributed by atoms with E-state index < -0.39 is 6.61 Å². The van der Waals surface area contributed by atoms with Crippen LogP contribution in [0.5, 0.6) is 5.75 Å².